The highest BCUT2D eigenvalue weighted by molar-refractivity contribution is 5.27. The van der Waals surface area contributed by atoms with Crippen LogP contribution in [0.4, 0.5) is 0 Å². The normalized spacial score (nSPS) is 21.2. The highest BCUT2D eigenvalue weighted by atomic mass is 14.7. The minimum atomic E-state index is 0.606. The quantitative estimate of drug-likeness (QED) is 0.707. The van der Waals surface area contributed by atoms with Crippen molar-refractivity contribution < 1.29 is 0 Å². The molecule has 70 valence electrons. The monoisotopic (exact) mass is 176 g/mol. The molecule has 1 aliphatic rings. The molecule has 0 amide bonds. The summed E-state index contributed by atoms with van der Waals surface area (Å²) in [7, 11) is 0. The van der Waals surface area contributed by atoms with Gasteiger partial charge in [-0.1, -0.05) is 13.0 Å². The van der Waals surface area contributed by atoms with Crippen LogP contribution in [0.5, 0.6) is 0 Å². The molecule has 0 saturated heterocycles. The Hall–Kier alpha value is -0.890. The van der Waals surface area contributed by atoms with Gasteiger partial charge in [-0.3, -0.25) is 4.98 Å². The summed E-state index contributed by atoms with van der Waals surface area (Å²) < 4.78 is 0. The van der Waals surface area contributed by atoms with Gasteiger partial charge in [-0.15, -0.1) is 0 Å². The second kappa shape index (κ2) is 3.46. The first kappa shape index (κ1) is 8.70. The zero-order chi connectivity index (χ0) is 9.26. The van der Waals surface area contributed by atoms with E-state index in [1.165, 1.54) is 24.1 Å². The molecule has 1 unspecified atom stereocenters. The Morgan fingerprint density at radius 2 is 2.46 bits per heavy atom. The third-order valence-electron chi connectivity index (χ3n) is 2.79. The van der Waals surface area contributed by atoms with Crippen molar-refractivity contribution in [3.8, 4) is 0 Å². The smallest absolute Gasteiger partial charge is 0.0435 e. The largest absolute Gasteiger partial charge is 0.326 e. The van der Waals surface area contributed by atoms with Crippen LogP contribution in [0.15, 0.2) is 12.3 Å². The lowest BCUT2D eigenvalue weighted by atomic mass is 9.87. The van der Waals surface area contributed by atoms with Gasteiger partial charge >= 0.3 is 0 Å². The topological polar surface area (TPSA) is 38.9 Å². The number of hydrogen-bond donors (Lipinski definition) is 1. The number of rotatable bonds is 1. The Balaban J connectivity index is 2.32. The van der Waals surface area contributed by atoms with E-state index in [1.807, 2.05) is 6.20 Å². The maximum absolute atomic E-state index is 5.58. The first-order valence-electron chi connectivity index (χ1n) is 4.96. The van der Waals surface area contributed by atoms with Gasteiger partial charge in [-0.05, 0) is 36.3 Å². The fourth-order valence-electron chi connectivity index (χ4n) is 1.96. The number of nitrogens with zero attached hydrogens (tertiary/aromatic N) is 1. The zero-order valence-corrected chi connectivity index (χ0v) is 8.09. The molecule has 1 aromatic heterocycles. The standard InChI is InChI=1S/C11H16N2/c1-8-2-3-11-10(4-8)5-9(6-12)7-13-11/h5,7-8H,2-4,6,12H2,1H3. The third-order valence-corrected chi connectivity index (χ3v) is 2.79. The van der Waals surface area contributed by atoms with E-state index < -0.39 is 0 Å². The summed E-state index contributed by atoms with van der Waals surface area (Å²) in [5.41, 5.74) is 9.44. The van der Waals surface area contributed by atoms with Crippen molar-refractivity contribution in [2.75, 3.05) is 0 Å². The van der Waals surface area contributed by atoms with Gasteiger partial charge in [-0.2, -0.15) is 0 Å². The molecule has 2 N–H and O–H groups in total. The van der Waals surface area contributed by atoms with E-state index in [-0.39, 0.29) is 0 Å². The van der Waals surface area contributed by atoms with Crippen LogP contribution in [0.2, 0.25) is 0 Å². The summed E-state index contributed by atoms with van der Waals surface area (Å²) >= 11 is 0. The first-order valence-corrected chi connectivity index (χ1v) is 4.96. The van der Waals surface area contributed by atoms with Crippen molar-refractivity contribution >= 4 is 0 Å². The Morgan fingerprint density at radius 1 is 1.62 bits per heavy atom. The summed E-state index contributed by atoms with van der Waals surface area (Å²) in [6, 6.07) is 2.22. The van der Waals surface area contributed by atoms with E-state index in [0.717, 1.165) is 17.9 Å². The van der Waals surface area contributed by atoms with Crippen molar-refractivity contribution in [1.82, 2.24) is 4.98 Å². The van der Waals surface area contributed by atoms with Crippen molar-refractivity contribution in [2.24, 2.45) is 11.7 Å². The Labute approximate surface area is 79.2 Å². The van der Waals surface area contributed by atoms with Crippen LogP contribution in [0.3, 0.4) is 0 Å². The summed E-state index contributed by atoms with van der Waals surface area (Å²) in [6.45, 7) is 2.91. The molecule has 0 saturated carbocycles. The summed E-state index contributed by atoms with van der Waals surface area (Å²) in [5, 5.41) is 0. The summed E-state index contributed by atoms with van der Waals surface area (Å²) in [4.78, 5) is 4.44. The van der Waals surface area contributed by atoms with E-state index in [0.29, 0.717) is 6.54 Å². The highest BCUT2D eigenvalue weighted by Crippen LogP contribution is 2.23. The fourth-order valence-corrected chi connectivity index (χ4v) is 1.96. The summed E-state index contributed by atoms with van der Waals surface area (Å²) in [5.74, 6) is 0.808. The Morgan fingerprint density at radius 3 is 3.23 bits per heavy atom. The number of pyridine rings is 1. The molecule has 2 heteroatoms. The number of hydrogen-bond acceptors (Lipinski definition) is 2. The second-order valence-corrected chi connectivity index (χ2v) is 4.00. The van der Waals surface area contributed by atoms with E-state index in [1.54, 1.807) is 0 Å². The molecule has 0 fully saturated rings. The van der Waals surface area contributed by atoms with Crippen molar-refractivity contribution in [2.45, 2.75) is 32.7 Å². The highest BCUT2D eigenvalue weighted by Gasteiger charge is 2.15. The molecule has 0 aliphatic heterocycles. The van der Waals surface area contributed by atoms with E-state index in [9.17, 15) is 0 Å². The number of fused-ring (bicyclic) bond motifs is 1. The van der Waals surface area contributed by atoms with Gasteiger partial charge in [0, 0.05) is 18.4 Å². The van der Waals surface area contributed by atoms with Crippen LogP contribution < -0.4 is 5.73 Å². The van der Waals surface area contributed by atoms with Crippen LogP contribution in [0.1, 0.15) is 30.2 Å². The Kier molecular flexibility index (Phi) is 2.32. The van der Waals surface area contributed by atoms with Gasteiger partial charge in [0.2, 0.25) is 0 Å². The van der Waals surface area contributed by atoms with Gasteiger partial charge in [0.1, 0.15) is 0 Å². The van der Waals surface area contributed by atoms with Gasteiger partial charge in [0.05, 0.1) is 0 Å². The minimum absolute atomic E-state index is 0.606. The van der Waals surface area contributed by atoms with Crippen LogP contribution in [-0.4, -0.2) is 4.98 Å². The SMILES string of the molecule is CC1CCc2ncc(CN)cc2C1. The third kappa shape index (κ3) is 1.73. The molecule has 1 aromatic rings. The molecule has 2 rings (SSSR count). The van der Waals surface area contributed by atoms with Crippen LogP contribution >= 0.6 is 0 Å². The number of nitrogens with two attached hydrogens (primary N) is 1. The molecule has 2 nitrogen and oxygen atoms in total. The van der Waals surface area contributed by atoms with Crippen LogP contribution in [-0.2, 0) is 19.4 Å². The van der Waals surface area contributed by atoms with E-state index >= 15 is 0 Å². The van der Waals surface area contributed by atoms with Crippen molar-refractivity contribution in [3.05, 3.63) is 29.1 Å². The molecule has 13 heavy (non-hydrogen) atoms. The zero-order valence-electron chi connectivity index (χ0n) is 8.09. The number of aryl methyl sites for hydroxylation is 1. The van der Waals surface area contributed by atoms with Gasteiger partial charge in [0.15, 0.2) is 0 Å². The van der Waals surface area contributed by atoms with Crippen LogP contribution in [0.25, 0.3) is 0 Å². The molecule has 1 aliphatic carbocycles. The lowest BCUT2D eigenvalue weighted by Crippen LogP contribution is -2.13. The van der Waals surface area contributed by atoms with Crippen molar-refractivity contribution in [3.63, 3.8) is 0 Å². The Bertz CT molecular complexity index is 307. The minimum Gasteiger partial charge on any atom is -0.326 e. The van der Waals surface area contributed by atoms with Gasteiger partial charge in [-0.25, -0.2) is 0 Å². The predicted molar refractivity (Wildman–Crippen MR) is 53.3 cm³/mol. The molecule has 0 bridgehead atoms. The van der Waals surface area contributed by atoms with Crippen LogP contribution in [0, 0.1) is 5.92 Å². The maximum Gasteiger partial charge on any atom is 0.0435 e. The van der Waals surface area contributed by atoms with Gasteiger partial charge < -0.3 is 5.73 Å². The lowest BCUT2D eigenvalue weighted by Gasteiger charge is -2.20. The van der Waals surface area contributed by atoms with Gasteiger partial charge in [0.25, 0.3) is 0 Å². The molecule has 0 radical (unpaired) electrons. The van der Waals surface area contributed by atoms with E-state index in [4.69, 9.17) is 5.73 Å². The second-order valence-electron chi connectivity index (χ2n) is 4.00. The fraction of sp³-hybridized carbons (Fsp3) is 0.545. The predicted octanol–water partition coefficient (Wildman–Crippen LogP) is 1.67. The molecule has 0 aromatic carbocycles. The molecular formula is C11H16N2. The lowest BCUT2D eigenvalue weighted by molar-refractivity contribution is 0.493. The maximum atomic E-state index is 5.58. The molecule has 1 heterocycles. The molecule has 1 atom stereocenters. The number of aromatic nitrogens is 1. The molecular weight excluding hydrogens is 160 g/mol. The first-order chi connectivity index (χ1) is 6.29. The average Bonchev–Trinajstić information content (AvgIpc) is 2.16. The van der Waals surface area contributed by atoms with Crippen molar-refractivity contribution in [1.29, 1.82) is 0 Å². The molecule has 0 spiro atoms. The summed E-state index contributed by atoms with van der Waals surface area (Å²) in [6.07, 6.45) is 5.51. The average molecular weight is 176 g/mol. The van der Waals surface area contributed by atoms with E-state index in [2.05, 4.69) is 18.0 Å².